The van der Waals surface area contributed by atoms with Crippen molar-refractivity contribution in [3.63, 3.8) is 0 Å². The van der Waals surface area contributed by atoms with E-state index >= 15 is 0 Å². The Morgan fingerprint density at radius 1 is 0.900 bits per heavy atom. The molecule has 20 heavy (non-hydrogen) atoms. The van der Waals surface area contributed by atoms with E-state index in [9.17, 15) is 0 Å². The summed E-state index contributed by atoms with van der Waals surface area (Å²) in [6, 6.07) is 17.6. The van der Waals surface area contributed by atoms with Gasteiger partial charge in [0.15, 0.2) is 0 Å². The smallest absolute Gasteiger partial charge is 0.00990 e. The van der Waals surface area contributed by atoms with Crippen LogP contribution >= 0.6 is 0 Å². The maximum Gasteiger partial charge on any atom is 0.00990 e. The predicted octanol–water partition coefficient (Wildman–Crippen LogP) is 6.43. The number of hydrogen-bond acceptors (Lipinski definition) is 0. The number of hydrogen-bond donors (Lipinski definition) is 0. The van der Waals surface area contributed by atoms with Crippen molar-refractivity contribution in [2.75, 3.05) is 0 Å². The third-order valence-corrected chi connectivity index (χ3v) is 3.37. The van der Waals surface area contributed by atoms with E-state index in [2.05, 4.69) is 62.0 Å². The van der Waals surface area contributed by atoms with Crippen LogP contribution in [0.15, 0.2) is 61.2 Å². The highest BCUT2D eigenvalue weighted by atomic mass is 14.3. The van der Waals surface area contributed by atoms with Crippen LogP contribution in [0.5, 0.6) is 0 Å². The van der Waals surface area contributed by atoms with Crippen molar-refractivity contribution >= 4 is 0 Å². The summed E-state index contributed by atoms with van der Waals surface area (Å²) in [4.78, 5) is 0. The fourth-order valence-electron chi connectivity index (χ4n) is 2.70. The third kappa shape index (κ3) is 3.19. The lowest BCUT2D eigenvalue weighted by Gasteiger charge is -2.09. The average Bonchev–Trinajstić information content (AvgIpc) is 2.84. The van der Waals surface area contributed by atoms with Gasteiger partial charge in [0.25, 0.3) is 0 Å². The molecule has 0 saturated heterocycles. The summed E-state index contributed by atoms with van der Waals surface area (Å²) in [7, 11) is 0. The first-order valence-corrected chi connectivity index (χ1v) is 7.58. The Morgan fingerprint density at radius 3 is 1.60 bits per heavy atom. The molecule has 0 radical (unpaired) electrons. The zero-order valence-electron chi connectivity index (χ0n) is 13.2. The standard InChI is InChI=1S/C15H14.C3H6.C2H6/c1-2-11-12-7-3-5-9-14(12)15-10-6-4-8-13(11)15;1-3-2;1-2/h3-11H,2H2,1H3;3H,1H2,2H3;1-2H3. The second kappa shape index (κ2) is 8.37. The minimum absolute atomic E-state index is 0.609. The van der Waals surface area contributed by atoms with Crippen molar-refractivity contribution in [2.45, 2.75) is 40.0 Å². The van der Waals surface area contributed by atoms with Gasteiger partial charge < -0.3 is 0 Å². The molecule has 0 heterocycles. The lowest BCUT2D eigenvalue weighted by molar-refractivity contribution is 0.797. The summed E-state index contributed by atoms with van der Waals surface area (Å²) in [6.45, 7) is 11.5. The number of benzene rings is 2. The Hall–Kier alpha value is -1.82. The van der Waals surface area contributed by atoms with Crippen molar-refractivity contribution in [2.24, 2.45) is 0 Å². The molecule has 0 unspecified atom stereocenters. The monoisotopic (exact) mass is 266 g/mol. The van der Waals surface area contributed by atoms with Crippen LogP contribution < -0.4 is 0 Å². The molecule has 1 aliphatic carbocycles. The number of allylic oxidation sites excluding steroid dienone is 1. The van der Waals surface area contributed by atoms with Crippen LogP contribution in [0, 0.1) is 0 Å². The molecule has 0 amide bonds. The van der Waals surface area contributed by atoms with Gasteiger partial charge in [0, 0.05) is 5.92 Å². The molecule has 2 aromatic carbocycles. The van der Waals surface area contributed by atoms with E-state index in [4.69, 9.17) is 0 Å². The highest BCUT2D eigenvalue weighted by molar-refractivity contribution is 5.78. The molecule has 3 rings (SSSR count). The SMILES string of the molecule is C=CC.CC.CCC1c2ccccc2-c2ccccc21. The molecule has 0 nitrogen and oxygen atoms in total. The van der Waals surface area contributed by atoms with Crippen molar-refractivity contribution in [1.82, 2.24) is 0 Å². The minimum atomic E-state index is 0.609. The van der Waals surface area contributed by atoms with Crippen LogP contribution in [-0.4, -0.2) is 0 Å². The molecule has 0 atom stereocenters. The van der Waals surface area contributed by atoms with Gasteiger partial charge in [-0.2, -0.15) is 0 Å². The second-order valence-electron chi connectivity index (χ2n) is 4.54. The molecule has 0 spiro atoms. The van der Waals surface area contributed by atoms with Gasteiger partial charge in [-0.3, -0.25) is 0 Å². The van der Waals surface area contributed by atoms with E-state index in [-0.39, 0.29) is 0 Å². The van der Waals surface area contributed by atoms with Crippen LogP contribution in [0.2, 0.25) is 0 Å². The summed E-state index contributed by atoms with van der Waals surface area (Å²) in [5.74, 6) is 0.609. The number of rotatable bonds is 1. The lowest BCUT2D eigenvalue weighted by atomic mass is 9.95. The average molecular weight is 266 g/mol. The van der Waals surface area contributed by atoms with E-state index in [1.165, 1.54) is 28.7 Å². The zero-order chi connectivity index (χ0) is 15.0. The molecule has 0 N–H and O–H groups in total. The topological polar surface area (TPSA) is 0 Å². The van der Waals surface area contributed by atoms with Crippen molar-refractivity contribution in [3.8, 4) is 11.1 Å². The Balaban J connectivity index is 0.000000357. The third-order valence-electron chi connectivity index (χ3n) is 3.37. The van der Waals surface area contributed by atoms with Crippen LogP contribution in [0.25, 0.3) is 11.1 Å². The highest BCUT2D eigenvalue weighted by Gasteiger charge is 2.25. The summed E-state index contributed by atoms with van der Waals surface area (Å²) in [6.07, 6.45) is 2.94. The Bertz CT molecular complexity index is 492. The van der Waals surface area contributed by atoms with Crippen molar-refractivity contribution < 1.29 is 0 Å². The van der Waals surface area contributed by atoms with E-state index in [0.29, 0.717) is 5.92 Å². The van der Waals surface area contributed by atoms with E-state index < -0.39 is 0 Å². The normalized spacial score (nSPS) is 11.2. The van der Waals surface area contributed by atoms with E-state index in [1.54, 1.807) is 6.08 Å². The second-order valence-corrected chi connectivity index (χ2v) is 4.54. The van der Waals surface area contributed by atoms with Gasteiger partial charge in [0.1, 0.15) is 0 Å². The summed E-state index contributed by atoms with van der Waals surface area (Å²) in [5, 5.41) is 0. The van der Waals surface area contributed by atoms with Gasteiger partial charge in [-0.15, -0.1) is 6.58 Å². The fraction of sp³-hybridized carbons (Fsp3) is 0.300. The van der Waals surface area contributed by atoms with Gasteiger partial charge in [-0.25, -0.2) is 0 Å². The first-order chi connectivity index (χ1) is 9.83. The molecule has 0 saturated carbocycles. The van der Waals surface area contributed by atoms with Crippen LogP contribution in [0.4, 0.5) is 0 Å². The van der Waals surface area contributed by atoms with Gasteiger partial charge in [0.05, 0.1) is 0 Å². The van der Waals surface area contributed by atoms with Crippen LogP contribution in [-0.2, 0) is 0 Å². The highest BCUT2D eigenvalue weighted by Crippen LogP contribution is 2.45. The molecule has 0 aliphatic heterocycles. The predicted molar refractivity (Wildman–Crippen MR) is 91.2 cm³/mol. The fourth-order valence-corrected chi connectivity index (χ4v) is 2.70. The van der Waals surface area contributed by atoms with Gasteiger partial charge in [-0.05, 0) is 35.6 Å². The maximum atomic E-state index is 3.36. The molecule has 106 valence electrons. The first-order valence-electron chi connectivity index (χ1n) is 7.58. The first kappa shape index (κ1) is 16.2. The molecule has 2 aromatic rings. The van der Waals surface area contributed by atoms with E-state index in [0.717, 1.165) is 0 Å². The van der Waals surface area contributed by atoms with Gasteiger partial charge >= 0.3 is 0 Å². The molecule has 0 aromatic heterocycles. The van der Waals surface area contributed by atoms with Gasteiger partial charge in [-0.1, -0.05) is 75.4 Å². The Morgan fingerprint density at radius 2 is 1.25 bits per heavy atom. The maximum absolute atomic E-state index is 3.36. The quantitative estimate of drug-likeness (QED) is 0.522. The minimum Gasteiger partial charge on any atom is -0.103 e. The molecule has 0 fully saturated rings. The zero-order valence-corrected chi connectivity index (χ0v) is 13.2. The molecule has 1 aliphatic rings. The molecular formula is C20H26. The van der Waals surface area contributed by atoms with Crippen molar-refractivity contribution in [1.29, 1.82) is 0 Å². The molecule has 0 heteroatoms. The summed E-state index contributed by atoms with van der Waals surface area (Å²) >= 11 is 0. The van der Waals surface area contributed by atoms with Crippen LogP contribution in [0.1, 0.15) is 51.2 Å². The Kier molecular flexibility index (Phi) is 6.79. The van der Waals surface area contributed by atoms with Crippen LogP contribution in [0.3, 0.4) is 0 Å². The Labute approximate surface area is 124 Å². The summed E-state index contributed by atoms with van der Waals surface area (Å²) in [5.41, 5.74) is 5.86. The molecule has 0 bridgehead atoms. The molecular weight excluding hydrogens is 240 g/mol. The van der Waals surface area contributed by atoms with E-state index in [1.807, 2.05) is 20.8 Å². The van der Waals surface area contributed by atoms with Crippen molar-refractivity contribution in [3.05, 3.63) is 72.3 Å². The summed E-state index contributed by atoms with van der Waals surface area (Å²) < 4.78 is 0. The largest absolute Gasteiger partial charge is 0.103 e. The lowest BCUT2D eigenvalue weighted by Crippen LogP contribution is -1.93. The van der Waals surface area contributed by atoms with Gasteiger partial charge in [0.2, 0.25) is 0 Å². The number of fused-ring (bicyclic) bond motifs is 3.